The number of nitrogens with zero attached hydrogens (tertiary/aromatic N) is 1. The monoisotopic (exact) mass is 296 g/mol. The van der Waals surface area contributed by atoms with Crippen LogP contribution in [0.5, 0.6) is 0 Å². The van der Waals surface area contributed by atoms with E-state index >= 15 is 0 Å². The second kappa shape index (κ2) is 6.17. The quantitative estimate of drug-likeness (QED) is 0.931. The number of likely N-dealkylation sites (tertiary alicyclic amines) is 1. The fourth-order valence-corrected chi connectivity index (χ4v) is 2.39. The summed E-state index contributed by atoms with van der Waals surface area (Å²) in [6.07, 6.45) is 3.85. The Labute approximate surface area is 110 Å². The van der Waals surface area contributed by atoms with Crippen molar-refractivity contribution < 1.29 is 0 Å². The van der Waals surface area contributed by atoms with Crippen molar-refractivity contribution in [3.8, 4) is 0 Å². The van der Waals surface area contributed by atoms with E-state index in [-0.39, 0.29) is 5.43 Å². The molecule has 17 heavy (non-hydrogen) atoms. The minimum Gasteiger partial charge on any atom is -0.369 e. The van der Waals surface area contributed by atoms with Gasteiger partial charge in [-0.3, -0.25) is 9.69 Å². The first-order valence-electron chi connectivity index (χ1n) is 6.02. The van der Waals surface area contributed by atoms with Crippen LogP contribution in [0, 0.1) is 0 Å². The Morgan fingerprint density at radius 1 is 1.18 bits per heavy atom. The van der Waals surface area contributed by atoms with Crippen molar-refractivity contribution >= 4 is 21.6 Å². The van der Waals surface area contributed by atoms with E-state index in [2.05, 4.69) is 26.1 Å². The van der Waals surface area contributed by atoms with Crippen LogP contribution in [-0.2, 0) is 0 Å². The summed E-state index contributed by atoms with van der Waals surface area (Å²) >= 11 is 3.28. The second-order valence-corrected chi connectivity index (χ2v) is 5.18. The molecule has 2 rings (SSSR count). The molecular formula is C13H17BrN2O. The summed E-state index contributed by atoms with van der Waals surface area (Å²) in [5.74, 6) is 0. The number of nitrogens with one attached hydrogen (secondary N) is 1. The summed E-state index contributed by atoms with van der Waals surface area (Å²) in [6, 6.07) is 7.34. The zero-order valence-electron chi connectivity index (χ0n) is 9.79. The Balaban J connectivity index is 2.01. The van der Waals surface area contributed by atoms with Gasteiger partial charge >= 0.3 is 0 Å². The SMILES string of the molecule is O=c1c(Br)ccccc1NCN1CCCCC1. The second-order valence-electron chi connectivity index (χ2n) is 4.32. The first-order chi connectivity index (χ1) is 8.27. The van der Waals surface area contributed by atoms with E-state index in [0.29, 0.717) is 10.2 Å². The normalized spacial score (nSPS) is 16.8. The molecule has 0 bridgehead atoms. The number of hydrogen-bond acceptors (Lipinski definition) is 3. The van der Waals surface area contributed by atoms with Crippen molar-refractivity contribution in [2.75, 3.05) is 25.1 Å². The molecular weight excluding hydrogens is 280 g/mol. The summed E-state index contributed by atoms with van der Waals surface area (Å²) < 4.78 is 0.601. The third kappa shape index (κ3) is 3.54. The Morgan fingerprint density at radius 3 is 2.65 bits per heavy atom. The Hall–Kier alpha value is -0.870. The van der Waals surface area contributed by atoms with Crippen LogP contribution in [0.25, 0.3) is 0 Å². The number of rotatable bonds is 3. The third-order valence-electron chi connectivity index (χ3n) is 3.02. The van der Waals surface area contributed by atoms with Gasteiger partial charge in [0, 0.05) is 0 Å². The fourth-order valence-electron chi connectivity index (χ4n) is 2.03. The molecule has 1 aromatic carbocycles. The lowest BCUT2D eigenvalue weighted by Crippen LogP contribution is -2.34. The van der Waals surface area contributed by atoms with Gasteiger partial charge in [-0.05, 0) is 54.0 Å². The van der Waals surface area contributed by atoms with Crippen LogP contribution in [0.2, 0.25) is 0 Å². The first-order valence-corrected chi connectivity index (χ1v) is 6.82. The molecule has 0 aliphatic carbocycles. The molecule has 1 aromatic rings. The van der Waals surface area contributed by atoms with Gasteiger partial charge < -0.3 is 5.32 Å². The number of hydrogen-bond donors (Lipinski definition) is 1. The molecule has 0 aromatic heterocycles. The maximum atomic E-state index is 11.9. The Morgan fingerprint density at radius 2 is 1.88 bits per heavy atom. The molecule has 1 aliphatic heterocycles. The Kier molecular flexibility index (Phi) is 4.57. The smallest absolute Gasteiger partial charge is 0.215 e. The van der Waals surface area contributed by atoms with E-state index < -0.39 is 0 Å². The summed E-state index contributed by atoms with van der Waals surface area (Å²) in [5, 5.41) is 3.23. The highest BCUT2D eigenvalue weighted by atomic mass is 79.9. The lowest BCUT2D eigenvalue weighted by molar-refractivity contribution is 0.243. The van der Waals surface area contributed by atoms with Crippen LogP contribution in [0.4, 0.5) is 5.69 Å². The molecule has 0 unspecified atom stereocenters. The van der Waals surface area contributed by atoms with E-state index in [9.17, 15) is 4.79 Å². The summed E-state index contributed by atoms with van der Waals surface area (Å²) in [4.78, 5) is 14.3. The molecule has 1 saturated heterocycles. The highest BCUT2D eigenvalue weighted by molar-refractivity contribution is 9.10. The van der Waals surface area contributed by atoms with Gasteiger partial charge in [0.1, 0.15) is 0 Å². The fraction of sp³-hybridized carbons (Fsp3) is 0.462. The van der Waals surface area contributed by atoms with Crippen molar-refractivity contribution in [2.45, 2.75) is 19.3 Å². The van der Waals surface area contributed by atoms with Crippen molar-refractivity contribution in [2.24, 2.45) is 0 Å². The molecule has 1 fully saturated rings. The van der Waals surface area contributed by atoms with Gasteiger partial charge in [0.05, 0.1) is 16.8 Å². The van der Waals surface area contributed by atoms with Gasteiger partial charge in [0.15, 0.2) is 0 Å². The summed E-state index contributed by atoms with van der Waals surface area (Å²) in [7, 11) is 0. The van der Waals surface area contributed by atoms with Crippen LogP contribution in [0.3, 0.4) is 0 Å². The van der Waals surface area contributed by atoms with Crippen molar-refractivity contribution in [3.05, 3.63) is 39.0 Å². The van der Waals surface area contributed by atoms with E-state index in [1.54, 1.807) is 6.07 Å². The predicted molar refractivity (Wildman–Crippen MR) is 74.3 cm³/mol. The lowest BCUT2D eigenvalue weighted by Gasteiger charge is -2.26. The number of anilines is 1. The van der Waals surface area contributed by atoms with E-state index in [1.165, 1.54) is 19.3 Å². The highest BCUT2D eigenvalue weighted by Gasteiger charge is 2.09. The molecule has 0 atom stereocenters. The van der Waals surface area contributed by atoms with Crippen LogP contribution >= 0.6 is 15.9 Å². The highest BCUT2D eigenvalue weighted by Crippen LogP contribution is 2.10. The van der Waals surface area contributed by atoms with Crippen LogP contribution < -0.4 is 10.7 Å². The lowest BCUT2D eigenvalue weighted by atomic mass is 10.1. The molecule has 0 amide bonds. The van der Waals surface area contributed by atoms with E-state index in [0.717, 1.165) is 19.8 Å². The molecule has 1 N–H and O–H groups in total. The molecule has 92 valence electrons. The largest absolute Gasteiger partial charge is 0.369 e. The number of halogens is 1. The maximum Gasteiger partial charge on any atom is 0.215 e. The van der Waals surface area contributed by atoms with Crippen molar-refractivity contribution in [3.63, 3.8) is 0 Å². The first kappa shape index (κ1) is 12.6. The minimum atomic E-state index is 0.0204. The molecule has 4 heteroatoms. The van der Waals surface area contributed by atoms with Crippen molar-refractivity contribution in [1.29, 1.82) is 0 Å². The summed E-state index contributed by atoms with van der Waals surface area (Å²) in [6.45, 7) is 3.01. The molecule has 0 spiro atoms. The van der Waals surface area contributed by atoms with Gasteiger partial charge in [-0.1, -0.05) is 18.6 Å². The van der Waals surface area contributed by atoms with Crippen LogP contribution in [0.15, 0.2) is 33.5 Å². The third-order valence-corrected chi connectivity index (χ3v) is 3.64. The van der Waals surface area contributed by atoms with Gasteiger partial charge in [-0.15, -0.1) is 0 Å². The molecule has 0 radical (unpaired) electrons. The van der Waals surface area contributed by atoms with Gasteiger partial charge in [-0.25, -0.2) is 0 Å². The Bertz CT molecular complexity index is 430. The zero-order chi connectivity index (χ0) is 12.1. The standard InChI is InChI=1S/C13H17BrN2O/c14-11-6-2-3-7-12(13(11)17)15-10-16-8-4-1-5-9-16/h2-3,6-7H,1,4-5,8-10H2,(H,15,17). The van der Waals surface area contributed by atoms with E-state index in [1.807, 2.05) is 18.2 Å². The van der Waals surface area contributed by atoms with Crippen LogP contribution in [0.1, 0.15) is 19.3 Å². The van der Waals surface area contributed by atoms with Gasteiger partial charge in [0.25, 0.3) is 0 Å². The molecule has 3 nitrogen and oxygen atoms in total. The molecule has 1 aliphatic rings. The van der Waals surface area contributed by atoms with Crippen molar-refractivity contribution in [1.82, 2.24) is 4.90 Å². The van der Waals surface area contributed by atoms with Gasteiger partial charge in [0.2, 0.25) is 5.43 Å². The van der Waals surface area contributed by atoms with Gasteiger partial charge in [-0.2, -0.15) is 0 Å². The molecule has 1 heterocycles. The maximum absolute atomic E-state index is 11.9. The number of piperidine rings is 1. The average molecular weight is 297 g/mol. The zero-order valence-corrected chi connectivity index (χ0v) is 11.4. The van der Waals surface area contributed by atoms with E-state index in [4.69, 9.17) is 0 Å². The topological polar surface area (TPSA) is 32.3 Å². The summed E-state index contributed by atoms with van der Waals surface area (Å²) in [5.41, 5.74) is 0.680. The molecule has 0 saturated carbocycles. The minimum absolute atomic E-state index is 0.0204. The average Bonchev–Trinajstić information content (AvgIpc) is 2.52. The predicted octanol–water partition coefficient (Wildman–Crippen LogP) is 2.66. The van der Waals surface area contributed by atoms with Crippen LogP contribution in [-0.4, -0.2) is 24.7 Å².